The Labute approximate surface area is 123 Å². The number of amidine groups is 1. The van der Waals surface area contributed by atoms with E-state index < -0.39 is 5.41 Å². The Morgan fingerprint density at radius 2 is 2.14 bits per heavy atom. The van der Waals surface area contributed by atoms with Gasteiger partial charge in [-0.2, -0.15) is 5.10 Å². The molecule has 0 atom stereocenters. The van der Waals surface area contributed by atoms with E-state index in [-0.39, 0.29) is 11.7 Å². The third-order valence-electron chi connectivity index (χ3n) is 4.10. The van der Waals surface area contributed by atoms with E-state index >= 15 is 0 Å². The summed E-state index contributed by atoms with van der Waals surface area (Å²) in [6.07, 6.45) is 7.21. The summed E-state index contributed by atoms with van der Waals surface area (Å²) in [6, 6.07) is 0. The highest BCUT2D eigenvalue weighted by Gasteiger charge is 2.42. The number of amides is 1. The molecule has 1 heterocycles. The number of oxime groups is 1. The predicted molar refractivity (Wildman–Crippen MR) is 76.6 cm³/mol. The quantitative estimate of drug-likeness (QED) is 0.207. The van der Waals surface area contributed by atoms with Gasteiger partial charge in [0.25, 0.3) is 0 Å². The molecule has 1 aliphatic rings. The van der Waals surface area contributed by atoms with Gasteiger partial charge in [0.15, 0.2) is 5.84 Å². The van der Waals surface area contributed by atoms with Gasteiger partial charge in [-0.05, 0) is 12.8 Å². The maximum atomic E-state index is 12.6. The first-order valence-corrected chi connectivity index (χ1v) is 7.29. The molecule has 8 heteroatoms. The summed E-state index contributed by atoms with van der Waals surface area (Å²) in [5, 5.41) is 21.5. The molecule has 0 bridgehead atoms. The average Bonchev–Trinajstić information content (AvgIpc) is 2.88. The number of hydrogen-bond donors (Lipinski definition) is 4. The molecule has 0 unspecified atom stereocenters. The van der Waals surface area contributed by atoms with Crippen molar-refractivity contribution < 1.29 is 10.0 Å². The molecule has 8 nitrogen and oxygen atoms in total. The molecule has 1 fully saturated rings. The number of carbonyl (C=O) groups is 1. The topological polar surface area (TPSA) is 129 Å². The number of H-pyrrole nitrogens is 1. The highest BCUT2D eigenvalue weighted by Crippen LogP contribution is 2.35. The van der Waals surface area contributed by atoms with Crippen LogP contribution in [-0.2, 0) is 11.2 Å². The number of rotatable bonds is 5. The Hall–Kier alpha value is -2.12. The average molecular weight is 294 g/mol. The molecule has 5 N–H and O–H groups in total. The highest BCUT2D eigenvalue weighted by atomic mass is 16.4. The van der Waals surface area contributed by atoms with Gasteiger partial charge in [0, 0.05) is 13.0 Å². The molecular weight excluding hydrogens is 272 g/mol. The third-order valence-corrected chi connectivity index (χ3v) is 4.10. The fourth-order valence-electron chi connectivity index (χ4n) is 2.84. The normalized spacial score (nSPS) is 19.0. The smallest absolute Gasteiger partial charge is 0.233 e. The first kappa shape index (κ1) is 15.3. The van der Waals surface area contributed by atoms with Crippen LogP contribution in [0.15, 0.2) is 11.5 Å². The summed E-state index contributed by atoms with van der Waals surface area (Å²) >= 11 is 0. The second-order valence-electron chi connectivity index (χ2n) is 5.42. The minimum Gasteiger partial charge on any atom is -0.409 e. The lowest BCUT2D eigenvalue weighted by molar-refractivity contribution is -0.128. The zero-order valence-electron chi connectivity index (χ0n) is 12.0. The van der Waals surface area contributed by atoms with Gasteiger partial charge in [0.05, 0.1) is 0 Å². The SMILES string of the molecule is NC(=NO)C1(C(=O)NCCc2ncn[nH]2)CCCCCC1. The van der Waals surface area contributed by atoms with Crippen LogP contribution >= 0.6 is 0 Å². The molecule has 116 valence electrons. The maximum Gasteiger partial charge on any atom is 0.233 e. The second kappa shape index (κ2) is 7.05. The van der Waals surface area contributed by atoms with Crippen LogP contribution in [0.3, 0.4) is 0 Å². The van der Waals surface area contributed by atoms with Crippen LogP contribution in [0.2, 0.25) is 0 Å². The van der Waals surface area contributed by atoms with Crippen LogP contribution in [0.4, 0.5) is 0 Å². The van der Waals surface area contributed by atoms with E-state index in [1.807, 2.05) is 0 Å². The molecule has 2 rings (SSSR count). The van der Waals surface area contributed by atoms with Gasteiger partial charge in [0.1, 0.15) is 17.6 Å². The van der Waals surface area contributed by atoms with Gasteiger partial charge >= 0.3 is 0 Å². The van der Waals surface area contributed by atoms with Crippen molar-refractivity contribution in [2.75, 3.05) is 6.54 Å². The van der Waals surface area contributed by atoms with Crippen molar-refractivity contribution in [1.29, 1.82) is 0 Å². The molecule has 1 aromatic heterocycles. The molecule has 0 saturated heterocycles. The van der Waals surface area contributed by atoms with Crippen molar-refractivity contribution in [3.8, 4) is 0 Å². The second-order valence-corrected chi connectivity index (χ2v) is 5.42. The van der Waals surface area contributed by atoms with Crippen molar-refractivity contribution in [3.63, 3.8) is 0 Å². The van der Waals surface area contributed by atoms with Crippen molar-refractivity contribution in [2.45, 2.75) is 44.9 Å². The number of aromatic amines is 1. The van der Waals surface area contributed by atoms with Crippen LogP contribution in [0, 0.1) is 5.41 Å². The first-order valence-electron chi connectivity index (χ1n) is 7.29. The van der Waals surface area contributed by atoms with Gasteiger partial charge in [-0.25, -0.2) is 4.98 Å². The molecule has 21 heavy (non-hydrogen) atoms. The monoisotopic (exact) mass is 294 g/mol. The lowest BCUT2D eigenvalue weighted by atomic mass is 9.78. The summed E-state index contributed by atoms with van der Waals surface area (Å²) in [6.45, 7) is 0.439. The Balaban J connectivity index is 2.00. The minimum absolute atomic E-state index is 0.0153. The molecule has 0 aromatic carbocycles. The molecule has 1 saturated carbocycles. The van der Waals surface area contributed by atoms with Crippen LogP contribution in [0.1, 0.15) is 44.3 Å². The van der Waals surface area contributed by atoms with Crippen molar-refractivity contribution in [3.05, 3.63) is 12.2 Å². The van der Waals surface area contributed by atoms with Crippen LogP contribution in [0.5, 0.6) is 0 Å². The van der Waals surface area contributed by atoms with E-state index in [0.29, 0.717) is 31.6 Å². The predicted octanol–water partition coefficient (Wildman–Crippen LogP) is 0.550. The van der Waals surface area contributed by atoms with Crippen LogP contribution in [-0.4, -0.2) is 38.7 Å². The Kier molecular flexibility index (Phi) is 5.13. The summed E-state index contributed by atoms with van der Waals surface area (Å²) in [4.78, 5) is 16.6. The van der Waals surface area contributed by atoms with Gasteiger partial charge in [-0.15, -0.1) is 0 Å². The first-order chi connectivity index (χ1) is 10.2. The van der Waals surface area contributed by atoms with Crippen molar-refractivity contribution >= 4 is 11.7 Å². The molecule has 0 radical (unpaired) electrons. The maximum absolute atomic E-state index is 12.6. The number of hydrogen-bond acceptors (Lipinski definition) is 5. The van der Waals surface area contributed by atoms with Crippen LogP contribution in [0.25, 0.3) is 0 Å². The molecule has 0 spiro atoms. The standard InChI is InChI=1S/C13H22N6O2/c14-11(19-21)13(6-3-1-2-4-7-13)12(20)15-8-5-10-16-9-17-18-10/h9,21H,1-8H2,(H2,14,19)(H,15,20)(H,16,17,18). The van der Waals surface area contributed by atoms with Crippen molar-refractivity contribution in [2.24, 2.45) is 16.3 Å². The Bertz CT molecular complexity index is 477. The number of nitrogens with two attached hydrogens (primary N) is 1. The van der Waals surface area contributed by atoms with E-state index in [1.54, 1.807) is 0 Å². The Morgan fingerprint density at radius 3 is 2.71 bits per heavy atom. The molecule has 1 amide bonds. The van der Waals surface area contributed by atoms with Crippen LogP contribution < -0.4 is 11.1 Å². The number of nitrogens with one attached hydrogen (secondary N) is 2. The summed E-state index contributed by atoms with van der Waals surface area (Å²) in [5.74, 6) is 0.565. The summed E-state index contributed by atoms with van der Waals surface area (Å²) in [7, 11) is 0. The zero-order valence-corrected chi connectivity index (χ0v) is 12.0. The largest absolute Gasteiger partial charge is 0.409 e. The van der Waals surface area contributed by atoms with E-state index in [1.165, 1.54) is 6.33 Å². The van der Waals surface area contributed by atoms with E-state index in [4.69, 9.17) is 10.9 Å². The molecule has 0 aliphatic heterocycles. The van der Waals surface area contributed by atoms with E-state index in [0.717, 1.165) is 25.7 Å². The van der Waals surface area contributed by atoms with E-state index in [2.05, 4.69) is 25.7 Å². The van der Waals surface area contributed by atoms with Gasteiger partial charge < -0.3 is 16.3 Å². The zero-order chi connectivity index (χ0) is 15.1. The number of aromatic nitrogens is 3. The van der Waals surface area contributed by atoms with Crippen molar-refractivity contribution in [1.82, 2.24) is 20.5 Å². The molecule has 1 aliphatic carbocycles. The third kappa shape index (κ3) is 3.50. The lowest BCUT2D eigenvalue weighted by Crippen LogP contribution is -2.50. The fraction of sp³-hybridized carbons (Fsp3) is 0.692. The number of carbonyl (C=O) groups excluding carboxylic acids is 1. The summed E-state index contributed by atoms with van der Waals surface area (Å²) < 4.78 is 0. The number of nitrogens with zero attached hydrogens (tertiary/aromatic N) is 3. The molecular formula is C13H22N6O2. The molecule has 1 aromatic rings. The van der Waals surface area contributed by atoms with Gasteiger partial charge in [0.2, 0.25) is 5.91 Å². The van der Waals surface area contributed by atoms with Gasteiger partial charge in [-0.1, -0.05) is 30.8 Å². The van der Waals surface area contributed by atoms with E-state index in [9.17, 15) is 4.79 Å². The summed E-state index contributed by atoms with van der Waals surface area (Å²) in [5.41, 5.74) is 4.95. The van der Waals surface area contributed by atoms with Gasteiger partial charge in [-0.3, -0.25) is 9.89 Å². The highest BCUT2D eigenvalue weighted by molar-refractivity contribution is 6.06. The minimum atomic E-state index is -0.882. The lowest BCUT2D eigenvalue weighted by Gasteiger charge is -2.29. The Morgan fingerprint density at radius 1 is 1.43 bits per heavy atom. The fourth-order valence-corrected chi connectivity index (χ4v) is 2.84.